The lowest BCUT2D eigenvalue weighted by Gasteiger charge is -2.20. The number of carbonyl (C=O) groups excluding carboxylic acids is 1. The molecule has 0 radical (unpaired) electrons. The number of urea groups is 1. The number of amides is 2. The van der Waals surface area contributed by atoms with Gasteiger partial charge >= 0.3 is 12.0 Å². The Hall–Kier alpha value is -1.69. The number of anilines is 1. The van der Waals surface area contributed by atoms with E-state index in [2.05, 4.69) is 5.32 Å². The van der Waals surface area contributed by atoms with Crippen LogP contribution in [-0.2, 0) is 0 Å². The molecule has 19 heavy (non-hydrogen) atoms. The van der Waals surface area contributed by atoms with Gasteiger partial charge in [-0.1, -0.05) is 19.1 Å². The first kappa shape index (κ1) is 15.4. The van der Waals surface area contributed by atoms with Crippen molar-refractivity contribution in [2.75, 3.05) is 24.7 Å². The molecule has 6 heteroatoms. The topological polar surface area (TPSA) is 69.6 Å². The number of hydrogen-bond donors (Lipinski definition) is 2. The van der Waals surface area contributed by atoms with E-state index in [0.29, 0.717) is 17.5 Å². The van der Waals surface area contributed by atoms with Crippen molar-refractivity contribution < 1.29 is 14.7 Å². The highest BCUT2D eigenvalue weighted by molar-refractivity contribution is 7.99. The SMILES string of the molecule is CSC(C)CNC(=O)N(C)c1ccccc1C(=O)O. The Bertz CT molecular complexity index is 465. The molecule has 0 spiro atoms. The molecule has 0 saturated carbocycles. The first-order valence-corrected chi connectivity index (χ1v) is 7.12. The molecule has 2 amide bonds. The van der Waals surface area contributed by atoms with Crippen LogP contribution in [0.2, 0.25) is 0 Å². The van der Waals surface area contributed by atoms with Crippen LogP contribution in [0.5, 0.6) is 0 Å². The fourth-order valence-electron chi connectivity index (χ4n) is 1.49. The molecule has 1 unspecified atom stereocenters. The van der Waals surface area contributed by atoms with Crippen LogP contribution in [0.1, 0.15) is 17.3 Å². The average molecular weight is 282 g/mol. The summed E-state index contributed by atoms with van der Waals surface area (Å²) in [4.78, 5) is 24.4. The lowest BCUT2D eigenvalue weighted by atomic mass is 10.1. The number of para-hydroxylation sites is 1. The molecule has 1 rings (SSSR count). The van der Waals surface area contributed by atoms with Gasteiger partial charge in [0.15, 0.2) is 0 Å². The molecule has 5 nitrogen and oxygen atoms in total. The molecule has 0 saturated heterocycles. The smallest absolute Gasteiger partial charge is 0.337 e. The van der Waals surface area contributed by atoms with Crippen LogP contribution in [0, 0.1) is 0 Å². The summed E-state index contributed by atoms with van der Waals surface area (Å²) in [6, 6.07) is 6.12. The number of carboxylic acid groups (broad SMARTS) is 1. The van der Waals surface area contributed by atoms with Crippen LogP contribution < -0.4 is 10.2 Å². The van der Waals surface area contributed by atoms with E-state index in [9.17, 15) is 9.59 Å². The van der Waals surface area contributed by atoms with Crippen molar-refractivity contribution in [3.8, 4) is 0 Å². The van der Waals surface area contributed by atoms with Crippen molar-refractivity contribution in [1.82, 2.24) is 5.32 Å². The molecule has 0 aliphatic carbocycles. The Balaban J connectivity index is 2.80. The Morgan fingerprint density at radius 1 is 1.42 bits per heavy atom. The molecule has 104 valence electrons. The molecule has 0 aromatic heterocycles. The summed E-state index contributed by atoms with van der Waals surface area (Å²) in [6.45, 7) is 2.55. The number of nitrogens with zero attached hydrogens (tertiary/aromatic N) is 1. The lowest BCUT2D eigenvalue weighted by Crippen LogP contribution is -2.40. The monoisotopic (exact) mass is 282 g/mol. The van der Waals surface area contributed by atoms with Gasteiger partial charge in [0.1, 0.15) is 0 Å². The minimum Gasteiger partial charge on any atom is -0.478 e. The Morgan fingerprint density at radius 3 is 2.63 bits per heavy atom. The third-order valence-electron chi connectivity index (χ3n) is 2.74. The Morgan fingerprint density at radius 2 is 2.05 bits per heavy atom. The van der Waals surface area contributed by atoms with E-state index in [1.165, 1.54) is 11.0 Å². The van der Waals surface area contributed by atoms with Gasteiger partial charge in [-0.05, 0) is 18.4 Å². The van der Waals surface area contributed by atoms with E-state index in [1.54, 1.807) is 37.0 Å². The third kappa shape index (κ3) is 4.17. The van der Waals surface area contributed by atoms with Crippen LogP contribution in [0.3, 0.4) is 0 Å². The Labute approximate surface area is 117 Å². The predicted octanol–water partition coefficient (Wildman–Crippen LogP) is 2.28. The first-order valence-electron chi connectivity index (χ1n) is 5.84. The van der Waals surface area contributed by atoms with E-state index >= 15 is 0 Å². The quantitative estimate of drug-likeness (QED) is 0.869. The van der Waals surface area contributed by atoms with Gasteiger partial charge in [0.05, 0.1) is 11.3 Å². The number of benzene rings is 1. The van der Waals surface area contributed by atoms with Gasteiger partial charge in [0, 0.05) is 18.8 Å². The second-order valence-electron chi connectivity index (χ2n) is 4.11. The van der Waals surface area contributed by atoms with Gasteiger partial charge in [0.25, 0.3) is 0 Å². The molecule has 0 fully saturated rings. The van der Waals surface area contributed by atoms with Crippen LogP contribution in [-0.4, -0.2) is 42.2 Å². The summed E-state index contributed by atoms with van der Waals surface area (Å²) < 4.78 is 0. The van der Waals surface area contributed by atoms with Crippen molar-refractivity contribution >= 4 is 29.4 Å². The van der Waals surface area contributed by atoms with E-state index in [1.807, 2.05) is 13.2 Å². The molecule has 0 heterocycles. The summed E-state index contributed by atoms with van der Waals surface area (Å²) in [5.41, 5.74) is 0.488. The first-order chi connectivity index (χ1) is 8.97. The van der Waals surface area contributed by atoms with Gasteiger partial charge in [-0.15, -0.1) is 0 Å². The van der Waals surface area contributed by atoms with Crippen LogP contribution in [0.15, 0.2) is 24.3 Å². The van der Waals surface area contributed by atoms with Crippen molar-refractivity contribution in [1.29, 1.82) is 0 Å². The van der Waals surface area contributed by atoms with E-state index in [4.69, 9.17) is 5.11 Å². The number of rotatable bonds is 5. The van der Waals surface area contributed by atoms with Crippen molar-refractivity contribution in [2.45, 2.75) is 12.2 Å². The molecular weight excluding hydrogens is 264 g/mol. The zero-order valence-corrected chi connectivity index (χ0v) is 12.0. The van der Waals surface area contributed by atoms with Gasteiger partial charge < -0.3 is 10.4 Å². The van der Waals surface area contributed by atoms with Crippen molar-refractivity contribution in [3.63, 3.8) is 0 Å². The maximum absolute atomic E-state index is 12.0. The van der Waals surface area contributed by atoms with Gasteiger partial charge in [0.2, 0.25) is 0 Å². The standard InChI is InChI=1S/C13H18N2O3S/c1-9(19-3)8-14-13(18)15(2)11-7-5-4-6-10(11)12(16)17/h4-7,9H,8H2,1-3H3,(H,14,18)(H,16,17). The van der Waals surface area contributed by atoms with Gasteiger partial charge in [-0.25, -0.2) is 9.59 Å². The molecule has 1 aromatic carbocycles. The number of aromatic carboxylic acids is 1. The maximum Gasteiger partial charge on any atom is 0.337 e. The minimum atomic E-state index is -1.05. The van der Waals surface area contributed by atoms with Crippen molar-refractivity contribution in [2.24, 2.45) is 0 Å². The highest BCUT2D eigenvalue weighted by Crippen LogP contribution is 2.19. The van der Waals surface area contributed by atoms with E-state index in [0.717, 1.165) is 0 Å². The van der Waals surface area contributed by atoms with Gasteiger partial charge in [-0.2, -0.15) is 11.8 Å². The second kappa shape index (κ2) is 7.04. The fourth-order valence-corrected chi connectivity index (χ4v) is 1.74. The number of carboxylic acids is 1. The summed E-state index contributed by atoms with van der Waals surface area (Å²) >= 11 is 1.65. The summed E-state index contributed by atoms with van der Waals surface area (Å²) in [5, 5.41) is 12.2. The lowest BCUT2D eigenvalue weighted by molar-refractivity contribution is 0.0697. The normalized spacial score (nSPS) is 11.7. The number of nitrogens with one attached hydrogen (secondary N) is 1. The average Bonchev–Trinajstić information content (AvgIpc) is 2.43. The summed E-state index contributed by atoms with van der Waals surface area (Å²) in [7, 11) is 1.56. The number of thioether (sulfide) groups is 1. The number of carbonyl (C=O) groups is 2. The second-order valence-corrected chi connectivity index (χ2v) is 5.39. The molecule has 1 atom stereocenters. The zero-order chi connectivity index (χ0) is 14.4. The Kier molecular flexibility index (Phi) is 5.69. The fraction of sp³-hybridized carbons (Fsp3) is 0.385. The van der Waals surface area contributed by atoms with Crippen LogP contribution in [0.4, 0.5) is 10.5 Å². The molecule has 1 aromatic rings. The predicted molar refractivity (Wildman–Crippen MR) is 78.2 cm³/mol. The molecule has 2 N–H and O–H groups in total. The van der Waals surface area contributed by atoms with Crippen molar-refractivity contribution in [3.05, 3.63) is 29.8 Å². The minimum absolute atomic E-state index is 0.109. The van der Waals surface area contributed by atoms with Gasteiger partial charge in [-0.3, -0.25) is 4.90 Å². The largest absolute Gasteiger partial charge is 0.478 e. The molecular formula is C13H18N2O3S. The molecule has 0 aliphatic heterocycles. The highest BCUT2D eigenvalue weighted by Gasteiger charge is 2.17. The molecule has 0 aliphatic rings. The van der Waals surface area contributed by atoms with Crippen LogP contribution in [0.25, 0.3) is 0 Å². The number of hydrogen-bond acceptors (Lipinski definition) is 3. The third-order valence-corrected chi connectivity index (χ3v) is 3.71. The zero-order valence-electron chi connectivity index (χ0n) is 11.2. The molecule has 0 bridgehead atoms. The summed E-state index contributed by atoms with van der Waals surface area (Å²) in [6.07, 6.45) is 1.97. The highest BCUT2D eigenvalue weighted by atomic mass is 32.2. The maximum atomic E-state index is 12.0. The van der Waals surface area contributed by atoms with E-state index < -0.39 is 5.97 Å². The van der Waals surface area contributed by atoms with E-state index in [-0.39, 0.29) is 11.6 Å². The van der Waals surface area contributed by atoms with Crippen LogP contribution >= 0.6 is 11.8 Å². The summed E-state index contributed by atoms with van der Waals surface area (Å²) in [5.74, 6) is -1.05.